The molecule has 2 unspecified atom stereocenters. The van der Waals surface area contributed by atoms with Crippen molar-refractivity contribution in [2.45, 2.75) is 56.1 Å². The highest BCUT2D eigenvalue weighted by Gasteiger charge is 2.43. The van der Waals surface area contributed by atoms with E-state index in [0.29, 0.717) is 18.8 Å². The number of phenolic OH excluding ortho intramolecular Hbond substituents is 1. The molecule has 2 aromatic carbocycles. The minimum Gasteiger partial charge on any atom is -0.504 e. The second-order valence-corrected chi connectivity index (χ2v) is 12.3. The molecule has 0 aliphatic carbocycles. The Labute approximate surface area is 208 Å². The van der Waals surface area contributed by atoms with E-state index in [2.05, 4.69) is 4.72 Å². The molecule has 34 heavy (non-hydrogen) atoms. The highest BCUT2D eigenvalue weighted by Crippen LogP contribution is 2.44. The van der Waals surface area contributed by atoms with E-state index in [1.165, 1.54) is 24.3 Å². The van der Waals surface area contributed by atoms with Crippen LogP contribution in [-0.2, 0) is 10.0 Å². The third-order valence-corrected chi connectivity index (χ3v) is 8.31. The molecule has 2 aromatic rings. The van der Waals surface area contributed by atoms with Gasteiger partial charge in [0.2, 0.25) is 10.0 Å². The van der Waals surface area contributed by atoms with Crippen LogP contribution in [0.15, 0.2) is 35.2 Å². The lowest BCUT2D eigenvalue weighted by Crippen LogP contribution is -2.55. The highest BCUT2D eigenvalue weighted by molar-refractivity contribution is 7.89. The summed E-state index contributed by atoms with van der Waals surface area (Å²) in [4.78, 5) is 16.6. The van der Waals surface area contributed by atoms with Gasteiger partial charge in [-0.3, -0.25) is 4.79 Å². The maximum Gasteiger partial charge on any atom is 0.255 e. The van der Waals surface area contributed by atoms with E-state index in [9.17, 15) is 22.7 Å². The summed E-state index contributed by atoms with van der Waals surface area (Å²) in [6, 6.07) is 6.02. The van der Waals surface area contributed by atoms with Gasteiger partial charge in [-0.05, 0) is 63.9 Å². The number of phenols is 1. The van der Waals surface area contributed by atoms with Crippen LogP contribution in [0.4, 0.5) is 10.1 Å². The minimum absolute atomic E-state index is 0.0452. The number of nitrogens with one attached hydrogen (secondary N) is 1. The van der Waals surface area contributed by atoms with Gasteiger partial charge in [0.25, 0.3) is 5.91 Å². The average Bonchev–Trinajstić information content (AvgIpc) is 2.96. The molecule has 2 atom stereocenters. The Kier molecular flexibility index (Phi) is 6.52. The van der Waals surface area contributed by atoms with Crippen molar-refractivity contribution in [3.8, 4) is 5.75 Å². The van der Waals surface area contributed by atoms with Crippen molar-refractivity contribution in [1.29, 1.82) is 0 Å². The van der Waals surface area contributed by atoms with Crippen molar-refractivity contribution in [1.82, 2.24) is 9.62 Å². The molecule has 0 aromatic heterocycles. The molecule has 7 nitrogen and oxygen atoms in total. The van der Waals surface area contributed by atoms with Gasteiger partial charge in [-0.2, -0.15) is 0 Å². The largest absolute Gasteiger partial charge is 0.504 e. The first-order valence-corrected chi connectivity index (χ1v) is 13.1. The lowest BCUT2D eigenvalue weighted by atomic mass is 10.1. The van der Waals surface area contributed by atoms with Crippen molar-refractivity contribution < 1.29 is 22.7 Å². The second kappa shape index (κ2) is 8.86. The number of nitrogens with zero attached hydrogens (tertiary/aromatic N) is 2. The van der Waals surface area contributed by atoms with Gasteiger partial charge >= 0.3 is 0 Å². The Morgan fingerprint density at radius 2 is 1.71 bits per heavy atom. The van der Waals surface area contributed by atoms with Crippen LogP contribution < -0.4 is 9.62 Å². The highest BCUT2D eigenvalue weighted by atomic mass is 35.5. The average molecular weight is 530 g/mol. The number of aromatic hydroxyl groups is 1. The van der Waals surface area contributed by atoms with E-state index in [4.69, 9.17) is 23.2 Å². The van der Waals surface area contributed by atoms with Crippen LogP contribution in [0.2, 0.25) is 10.0 Å². The number of hydrogen-bond donors (Lipinski definition) is 2. The topological polar surface area (TPSA) is 89.9 Å². The zero-order valence-corrected chi connectivity index (χ0v) is 21.3. The number of hydrogen-bond acceptors (Lipinski definition) is 5. The number of fused-ring (bicyclic) bond motifs is 2. The number of halogens is 3. The maximum absolute atomic E-state index is 13.4. The van der Waals surface area contributed by atoms with E-state index in [1.807, 2.05) is 4.90 Å². The SMILES string of the molecule is CC(C)(C)NS(=O)(=O)c1cc(Cl)c(O)c(N2C3CCC2CN(C(=O)c2ccc(F)cc2Cl)C3)c1. The van der Waals surface area contributed by atoms with Crippen LogP contribution in [0.5, 0.6) is 5.75 Å². The molecular formula is C23H26Cl2FN3O4S. The van der Waals surface area contributed by atoms with Crippen molar-refractivity contribution >= 4 is 44.8 Å². The van der Waals surface area contributed by atoms with Crippen LogP contribution in [0, 0.1) is 5.82 Å². The summed E-state index contributed by atoms with van der Waals surface area (Å²) in [5.41, 5.74) is -0.153. The second-order valence-electron chi connectivity index (χ2n) is 9.75. The molecular weight excluding hydrogens is 504 g/mol. The first-order valence-electron chi connectivity index (χ1n) is 10.9. The van der Waals surface area contributed by atoms with Crippen molar-refractivity contribution in [3.63, 3.8) is 0 Å². The van der Waals surface area contributed by atoms with Crippen LogP contribution in [-0.4, -0.2) is 55.0 Å². The number of anilines is 1. The molecule has 4 rings (SSSR count). The molecule has 11 heteroatoms. The summed E-state index contributed by atoms with van der Waals surface area (Å²) in [6.45, 7) is 5.89. The summed E-state index contributed by atoms with van der Waals surface area (Å²) in [6.07, 6.45) is 1.50. The number of carbonyl (C=O) groups is 1. The molecule has 0 spiro atoms. The van der Waals surface area contributed by atoms with Crippen LogP contribution in [0.3, 0.4) is 0 Å². The molecule has 2 N–H and O–H groups in total. The van der Waals surface area contributed by atoms with Crippen molar-refractivity contribution in [2.75, 3.05) is 18.0 Å². The lowest BCUT2D eigenvalue weighted by molar-refractivity contribution is 0.0718. The number of carbonyl (C=O) groups excluding carboxylic acids is 1. The normalized spacial score (nSPS) is 20.6. The monoisotopic (exact) mass is 529 g/mol. The van der Waals surface area contributed by atoms with E-state index in [1.54, 1.807) is 25.7 Å². The number of rotatable bonds is 4. The summed E-state index contributed by atoms with van der Waals surface area (Å²) in [5, 5.41) is 10.7. The van der Waals surface area contributed by atoms with Crippen LogP contribution in [0.1, 0.15) is 44.0 Å². The zero-order valence-electron chi connectivity index (χ0n) is 19.0. The van der Waals surface area contributed by atoms with E-state index >= 15 is 0 Å². The predicted molar refractivity (Wildman–Crippen MR) is 130 cm³/mol. The Balaban J connectivity index is 1.64. The summed E-state index contributed by atoms with van der Waals surface area (Å²) < 4.78 is 41.8. The standard InChI is InChI=1S/C23H26Cl2FN3O4S/c1-23(2,3)27-34(32,33)16-9-19(25)21(30)20(10-16)29-14-5-6-15(29)12-28(11-14)22(31)17-7-4-13(26)8-18(17)24/h4,7-10,14-15,27,30H,5-6,11-12H2,1-3H3. The Morgan fingerprint density at radius 3 is 2.26 bits per heavy atom. The van der Waals surface area contributed by atoms with Gasteiger partial charge in [0.15, 0.2) is 5.75 Å². The van der Waals surface area contributed by atoms with Crippen molar-refractivity contribution in [3.05, 3.63) is 51.8 Å². The predicted octanol–water partition coefficient (Wildman–Crippen LogP) is 4.41. The van der Waals surface area contributed by atoms with E-state index in [-0.39, 0.29) is 44.2 Å². The zero-order chi connectivity index (χ0) is 25.0. The molecule has 1 amide bonds. The first-order chi connectivity index (χ1) is 15.8. The number of likely N-dealkylation sites (tertiary alicyclic amines) is 1. The molecule has 2 bridgehead atoms. The van der Waals surface area contributed by atoms with Crippen molar-refractivity contribution in [2.24, 2.45) is 0 Å². The Hall–Kier alpha value is -2.07. The molecule has 184 valence electrons. The van der Waals surface area contributed by atoms with Gasteiger partial charge in [-0.15, -0.1) is 0 Å². The Bertz CT molecular complexity index is 1240. The number of piperazine rings is 1. The molecule has 2 saturated heterocycles. The summed E-state index contributed by atoms with van der Waals surface area (Å²) in [7, 11) is -3.88. The number of amides is 1. The third kappa shape index (κ3) is 4.84. The fraction of sp³-hybridized carbons (Fsp3) is 0.435. The number of benzene rings is 2. The summed E-state index contributed by atoms with van der Waals surface area (Å²) >= 11 is 12.3. The molecule has 2 heterocycles. The molecule has 2 aliphatic heterocycles. The van der Waals surface area contributed by atoms with E-state index in [0.717, 1.165) is 18.9 Å². The van der Waals surface area contributed by atoms with Gasteiger partial charge in [-0.25, -0.2) is 17.5 Å². The minimum atomic E-state index is -3.88. The maximum atomic E-state index is 13.4. The van der Waals surface area contributed by atoms with Gasteiger partial charge in [0.05, 0.1) is 26.2 Å². The van der Waals surface area contributed by atoms with Gasteiger partial charge in [0, 0.05) is 30.7 Å². The van der Waals surface area contributed by atoms with Crippen LogP contribution in [0.25, 0.3) is 0 Å². The smallest absolute Gasteiger partial charge is 0.255 e. The molecule has 0 saturated carbocycles. The van der Waals surface area contributed by atoms with Crippen LogP contribution >= 0.6 is 23.2 Å². The fourth-order valence-electron chi connectivity index (χ4n) is 4.67. The Morgan fingerprint density at radius 1 is 1.09 bits per heavy atom. The number of sulfonamides is 1. The fourth-order valence-corrected chi connectivity index (χ4v) is 6.66. The van der Waals surface area contributed by atoms with E-state index < -0.39 is 21.4 Å². The quantitative estimate of drug-likeness (QED) is 0.612. The van der Waals surface area contributed by atoms with Gasteiger partial charge in [0.1, 0.15) is 5.82 Å². The molecule has 0 radical (unpaired) electrons. The first kappa shape index (κ1) is 25.0. The summed E-state index contributed by atoms with van der Waals surface area (Å²) in [5.74, 6) is -1.02. The van der Waals surface area contributed by atoms with Gasteiger partial charge in [-0.1, -0.05) is 23.2 Å². The van der Waals surface area contributed by atoms with Gasteiger partial charge < -0.3 is 14.9 Å². The third-order valence-electron chi connectivity index (χ3n) is 5.98. The molecule has 2 fully saturated rings. The molecule has 2 aliphatic rings. The lowest BCUT2D eigenvalue weighted by Gasteiger charge is -2.43.